The number of anilines is 1. The summed E-state index contributed by atoms with van der Waals surface area (Å²) < 4.78 is 1.68. The Morgan fingerprint density at radius 3 is 2.10 bits per heavy atom. The number of aliphatic hydroxyl groups is 2. The van der Waals surface area contributed by atoms with Crippen molar-refractivity contribution >= 4 is 5.82 Å². The first-order valence-electron chi connectivity index (χ1n) is 6.91. The van der Waals surface area contributed by atoms with Crippen LogP contribution in [0.25, 0.3) is 5.95 Å². The zero-order valence-corrected chi connectivity index (χ0v) is 12.6. The molecule has 0 aliphatic heterocycles. The number of hydrogen-bond donors (Lipinski definition) is 2. The van der Waals surface area contributed by atoms with Gasteiger partial charge in [0, 0.05) is 36.2 Å². The van der Waals surface area contributed by atoms with Crippen LogP contribution in [0.1, 0.15) is 17.1 Å². The van der Waals surface area contributed by atoms with E-state index in [1.54, 1.807) is 4.68 Å². The molecule has 2 rings (SSSR count). The summed E-state index contributed by atoms with van der Waals surface area (Å²) in [6.07, 6.45) is 0. The van der Waals surface area contributed by atoms with E-state index >= 15 is 0 Å². The minimum Gasteiger partial charge on any atom is -0.395 e. The van der Waals surface area contributed by atoms with Crippen LogP contribution in [-0.2, 0) is 0 Å². The molecule has 0 radical (unpaired) electrons. The minimum absolute atomic E-state index is 0.00591. The van der Waals surface area contributed by atoms with Crippen LogP contribution in [0.4, 0.5) is 5.82 Å². The molecule has 0 saturated carbocycles. The molecule has 2 aromatic rings. The molecule has 0 unspecified atom stereocenters. The van der Waals surface area contributed by atoms with Gasteiger partial charge in [0.25, 0.3) is 5.95 Å². The molecule has 0 amide bonds. The molecule has 0 spiro atoms. The second-order valence-electron chi connectivity index (χ2n) is 4.94. The van der Waals surface area contributed by atoms with Crippen molar-refractivity contribution in [2.24, 2.45) is 0 Å². The van der Waals surface area contributed by atoms with Gasteiger partial charge in [-0.3, -0.25) is 0 Å². The van der Waals surface area contributed by atoms with E-state index in [4.69, 9.17) is 10.2 Å². The molecular formula is C14H21N5O2. The third-order valence-corrected chi connectivity index (χ3v) is 3.10. The maximum atomic E-state index is 9.11. The lowest BCUT2D eigenvalue weighted by molar-refractivity contribution is 0.280. The summed E-state index contributed by atoms with van der Waals surface area (Å²) in [5.74, 6) is 1.22. The van der Waals surface area contributed by atoms with E-state index in [2.05, 4.69) is 15.1 Å². The Balaban J connectivity index is 2.37. The standard InChI is InChI=1S/C14H21N5O2/c1-10-8-11(2)16-14(15-10)19-12(3)9-13(17-19)18(4-6-20)5-7-21/h8-9,20-21H,4-7H2,1-3H3. The van der Waals surface area contributed by atoms with Crippen molar-refractivity contribution in [1.29, 1.82) is 0 Å². The third-order valence-electron chi connectivity index (χ3n) is 3.10. The Hall–Kier alpha value is -1.99. The number of aliphatic hydroxyl groups excluding tert-OH is 2. The molecule has 0 fully saturated rings. The van der Waals surface area contributed by atoms with Crippen LogP contribution in [0.5, 0.6) is 0 Å². The maximum absolute atomic E-state index is 9.11. The van der Waals surface area contributed by atoms with Gasteiger partial charge in [0.2, 0.25) is 0 Å². The molecule has 0 aromatic carbocycles. The number of aromatic nitrogens is 4. The van der Waals surface area contributed by atoms with Crippen LogP contribution in [0, 0.1) is 20.8 Å². The number of nitrogens with zero attached hydrogens (tertiary/aromatic N) is 5. The van der Waals surface area contributed by atoms with Gasteiger partial charge in [0.05, 0.1) is 13.2 Å². The molecule has 21 heavy (non-hydrogen) atoms. The van der Waals surface area contributed by atoms with Crippen LogP contribution in [0.2, 0.25) is 0 Å². The first-order chi connectivity index (χ1) is 10.0. The third kappa shape index (κ3) is 3.56. The fourth-order valence-electron chi connectivity index (χ4n) is 2.20. The van der Waals surface area contributed by atoms with E-state index in [1.165, 1.54) is 0 Å². The molecule has 7 heteroatoms. The average molecular weight is 291 g/mol. The lowest BCUT2D eigenvalue weighted by Crippen LogP contribution is -2.30. The van der Waals surface area contributed by atoms with E-state index in [0.29, 0.717) is 24.9 Å². The van der Waals surface area contributed by atoms with Crippen molar-refractivity contribution in [3.05, 3.63) is 29.2 Å². The molecule has 0 saturated heterocycles. The topological polar surface area (TPSA) is 87.3 Å². The van der Waals surface area contributed by atoms with Crippen molar-refractivity contribution in [3.8, 4) is 5.95 Å². The lowest BCUT2D eigenvalue weighted by Gasteiger charge is -2.19. The molecule has 2 heterocycles. The molecule has 7 nitrogen and oxygen atoms in total. The molecule has 2 N–H and O–H groups in total. The monoisotopic (exact) mass is 291 g/mol. The van der Waals surface area contributed by atoms with Crippen molar-refractivity contribution in [2.45, 2.75) is 20.8 Å². The van der Waals surface area contributed by atoms with Crippen LogP contribution in [0.3, 0.4) is 0 Å². The van der Waals surface area contributed by atoms with Gasteiger partial charge in [0.1, 0.15) is 0 Å². The van der Waals surface area contributed by atoms with Gasteiger partial charge in [-0.05, 0) is 26.8 Å². The van der Waals surface area contributed by atoms with Gasteiger partial charge >= 0.3 is 0 Å². The molecule has 2 aromatic heterocycles. The molecule has 0 aliphatic rings. The number of rotatable bonds is 6. The van der Waals surface area contributed by atoms with Crippen LogP contribution >= 0.6 is 0 Å². The van der Waals surface area contributed by atoms with Crippen LogP contribution in [0.15, 0.2) is 12.1 Å². The summed E-state index contributed by atoms with van der Waals surface area (Å²) in [5.41, 5.74) is 2.67. The van der Waals surface area contributed by atoms with Gasteiger partial charge in [-0.15, -0.1) is 5.10 Å². The second kappa shape index (κ2) is 6.64. The summed E-state index contributed by atoms with van der Waals surface area (Å²) in [4.78, 5) is 10.6. The normalized spacial score (nSPS) is 10.9. The summed E-state index contributed by atoms with van der Waals surface area (Å²) in [6.45, 7) is 6.62. The predicted octanol–water partition coefficient (Wildman–Crippen LogP) is 0.379. The molecular weight excluding hydrogens is 270 g/mol. The minimum atomic E-state index is 0.00591. The Morgan fingerprint density at radius 2 is 1.57 bits per heavy atom. The van der Waals surface area contributed by atoms with Crippen LogP contribution < -0.4 is 4.90 Å². The van der Waals surface area contributed by atoms with Crippen LogP contribution in [-0.4, -0.2) is 56.3 Å². The Bertz CT molecular complexity index is 585. The maximum Gasteiger partial charge on any atom is 0.251 e. The Labute approximate surface area is 123 Å². The van der Waals surface area contributed by atoms with Crippen molar-refractivity contribution < 1.29 is 10.2 Å². The summed E-state index contributed by atoms with van der Waals surface area (Å²) in [7, 11) is 0. The van der Waals surface area contributed by atoms with Gasteiger partial charge in [-0.1, -0.05) is 0 Å². The van der Waals surface area contributed by atoms with Crippen molar-refractivity contribution in [3.63, 3.8) is 0 Å². The lowest BCUT2D eigenvalue weighted by atomic mass is 10.3. The quantitative estimate of drug-likeness (QED) is 0.800. The van der Waals surface area contributed by atoms with Gasteiger partial charge in [-0.2, -0.15) is 0 Å². The number of aryl methyl sites for hydroxylation is 3. The smallest absolute Gasteiger partial charge is 0.251 e. The highest BCUT2D eigenvalue weighted by Crippen LogP contribution is 2.16. The highest BCUT2D eigenvalue weighted by Gasteiger charge is 2.14. The predicted molar refractivity (Wildman–Crippen MR) is 79.7 cm³/mol. The fourth-order valence-corrected chi connectivity index (χ4v) is 2.20. The highest BCUT2D eigenvalue weighted by atomic mass is 16.3. The fraction of sp³-hybridized carbons (Fsp3) is 0.500. The zero-order chi connectivity index (χ0) is 15.4. The molecule has 0 bridgehead atoms. The van der Waals surface area contributed by atoms with E-state index < -0.39 is 0 Å². The number of hydrogen-bond acceptors (Lipinski definition) is 6. The van der Waals surface area contributed by atoms with Gasteiger partial charge in [-0.25, -0.2) is 14.6 Å². The zero-order valence-electron chi connectivity index (χ0n) is 12.6. The van der Waals surface area contributed by atoms with Gasteiger partial charge < -0.3 is 15.1 Å². The molecule has 0 atom stereocenters. The highest BCUT2D eigenvalue weighted by molar-refractivity contribution is 5.41. The first-order valence-corrected chi connectivity index (χ1v) is 6.91. The van der Waals surface area contributed by atoms with Crippen molar-refractivity contribution in [1.82, 2.24) is 19.7 Å². The van der Waals surface area contributed by atoms with Gasteiger partial charge in [0.15, 0.2) is 5.82 Å². The SMILES string of the molecule is Cc1cc(C)nc(-n2nc(N(CCO)CCO)cc2C)n1. The molecule has 0 aliphatic carbocycles. The summed E-state index contributed by atoms with van der Waals surface area (Å²) >= 11 is 0. The average Bonchev–Trinajstić information content (AvgIpc) is 2.79. The summed E-state index contributed by atoms with van der Waals surface area (Å²) in [5, 5.41) is 22.7. The first kappa shape index (κ1) is 15.4. The molecule has 114 valence electrons. The van der Waals surface area contributed by atoms with E-state index in [1.807, 2.05) is 37.8 Å². The summed E-state index contributed by atoms with van der Waals surface area (Å²) in [6, 6.07) is 3.80. The van der Waals surface area contributed by atoms with E-state index in [9.17, 15) is 0 Å². The largest absolute Gasteiger partial charge is 0.395 e. The second-order valence-corrected chi connectivity index (χ2v) is 4.94. The van der Waals surface area contributed by atoms with E-state index in [-0.39, 0.29) is 13.2 Å². The van der Waals surface area contributed by atoms with Crippen molar-refractivity contribution in [2.75, 3.05) is 31.2 Å². The Kier molecular flexibility index (Phi) is 4.87. The Morgan fingerprint density at radius 1 is 1.00 bits per heavy atom. The van der Waals surface area contributed by atoms with E-state index in [0.717, 1.165) is 17.1 Å².